The van der Waals surface area contributed by atoms with Crippen LogP contribution < -0.4 is 19.5 Å². The average Bonchev–Trinajstić information content (AvgIpc) is 3.55. The summed E-state index contributed by atoms with van der Waals surface area (Å²) in [5.74, 6) is 2.42. The highest BCUT2D eigenvalue weighted by atomic mass is 35.5. The Kier molecular flexibility index (Phi) is 7.35. The van der Waals surface area contributed by atoms with Gasteiger partial charge in [-0.05, 0) is 73.5 Å². The van der Waals surface area contributed by atoms with E-state index in [1.165, 1.54) is 5.56 Å². The molecule has 6 nitrogen and oxygen atoms in total. The van der Waals surface area contributed by atoms with Crippen LogP contribution in [0.15, 0.2) is 36.4 Å². The first kappa shape index (κ1) is 23.7. The number of piperidine rings is 1. The van der Waals surface area contributed by atoms with E-state index < -0.39 is 0 Å². The molecule has 2 fully saturated rings. The van der Waals surface area contributed by atoms with Gasteiger partial charge >= 0.3 is 0 Å². The Balaban J connectivity index is 1.24. The summed E-state index contributed by atoms with van der Waals surface area (Å²) < 4.78 is 16.0. The summed E-state index contributed by atoms with van der Waals surface area (Å²) in [5, 5.41) is 3.76. The Hall–Kier alpha value is -2.44. The Labute approximate surface area is 201 Å². The summed E-state index contributed by atoms with van der Waals surface area (Å²) in [4.78, 5) is 15.2. The van der Waals surface area contributed by atoms with Crippen molar-refractivity contribution >= 4 is 17.5 Å². The van der Waals surface area contributed by atoms with Crippen LogP contribution in [0, 0.1) is 11.3 Å². The Morgan fingerprint density at radius 1 is 1.12 bits per heavy atom. The molecule has 0 radical (unpaired) electrons. The van der Waals surface area contributed by atoms with Gasteiger partial charge in [-0.1, -0.05) is 29.8 Å². The zero-order valence-electron chi connectivity index (χ0n) is 19.7. The van der Waals surface area contributed by atoms with Crippen LogP contribution in [0.3, 0.4) is 0 Å². The first-order chi connectivity index (χ1) is 16.0. The van der Waals surface area contributed by atoms with E-state index in [9.17, 15) is 4.79 Å². The lowest BCUT2D eigenvalue weighted by Gasteiger charge is -2.33. The summed E-state index contributed by atoms with van der Waals surface area (Å²) in [7, 11) is 4.88. The zero-order chi connectivity index (χ0) is 23.4. The van der Waals surface area contributed by atoms with Gasteiger partial charge in [0.1, 0.15) is 5.75 Å². The highest BCUT2D eigenvalue weighted by Crippen LogP contribution is 2.59. The Morgan fingerprint density at radius 2 is 1.91 bits per heavy atom. The number of rotatable bonds is 9. The Morgan fingerprint density at radius 3 is 2.61 bits per heavy atom. The molecule has 7 heteroatoms. The molecule has 33 heavy (non-hydrogen) atoms. The van der Waals surface area contributed by atoms with Crippen molar-refractivity contribution in [3.05, 3.63) is 52.5 Å². The minimum absolute atomic E-state index is 0.148. The second-order valence-electron chi connectivity index (χ2n) is 9.06. The van der Waals surface area contributed by atoms with Gasteiger partial charge in [0.25, 0.3) is 0 Å². The van der Waals surface area contributed by atoms with Crippen LogP contribution in [0.1, 0.15) is 30.4 Å². The zero-order valence-corrected chi connectivity index (χ0v) is 20.4. The number of likely N-dealkylation sites (tertiary alicyclic amines) is 1. The third-order valence-electron chi connectivity index (χ3n) is 7.16. The van der Waals surface area contributed by atoms with E-state index in [-0.39, 0.29) is 17.2 Å². The summed E-state index contributed by atoms with van der Waals surface area (Å²) >= 11 is 6.56. The van der Waals surface area contributed by atoms with Crippen molar-refractivity contribution in [1.82, 2.24) is 10.2 Å². The summed E-state index contributed by atoms with van der Waals surface area (Å²) in [6, 6.07) is 11.9. The third-order valence-corrected chi connectivity index (χ3v) is 7.58. The summed E-state index contributed by atoms with van der Waals surface area (Å²) in [6.45, 7) is 3.37. The third kappa shape index (κ3) is 5.22. The quantitative estimate of drug-likeness (QED) is 0.588. The van der Waals surface area contributed by atoms with Crippen LogP contribution in [0.25, 0.3) is 0 Å². The fourth-order valence-corrected chi connectivity index (χ4v) is 5.29. The van der Waals surface area contributed by atoms with Crippen molar-refractivity contribution in [1.29, 1.82) is 0 Å². The van der Waals surface area contributed by atoms with Crippen molar-refractivity contribution in [2.45, 2.75) is 32.2 Å². The van der Waals surface area contributed by atoms with Gasteiger partial charge in [0.15, 0.2) is 11.5 Å². The fraction of sp³-hybridized carbons (Fsp3) is 0.500. The number of halogens is 1. The predicted molar refractivity (Wildman–Crippen MR) is 129 cm³/mol. The number of benzene rings is 2. The number of amides is 1. The van der Waals surface area contributed by atoms with Crippen molar-refractivity contribution in [3.63, 3.8) is 0 Å². The molecule has 2 aromatic carbocycles. The van der Waals surface area contributed by atoms with E-state index in [0.29, 0.717) is 23.1 Å². The van der Waals surface area contributed by atoms with Gasteiger partial charge in [-0.25, -0.2) is 0 Å². The molecular formula is C26H33ClN2O4. The minimum atomic E-state index is 0.148. The maximum absolute atomic E-state index is 12.7. The standard InChI is InChI=1S/C26H33ClN2O4/c1-31-20-6-4-5-18(15-20)9-12-28-25(30)21-16-26(21)10-13-29(14-11-26)17-19-7-8-22(32-2)24(33-3)23(19)27/h4-8,15,21H,9-14,16-17H2,1-3H3,(H,28,30). The highest BCUT2D eigenvalue weighted by Gasteiger charge is 2.58. The minimum Gasteiger partial charge on any atom is -0.497 e. The molecule has 1 N–H and O–H groups in total. The van der Waals surface area contributed by atoms with E-state index in [0.717, 1.165) is 56.6 Å². The number of carbonyl (C=O) groups is 1. The van der Waals surface area contributed by atoms with Gasteiger partial charge in [0.05, 0.1) is 26.4 Å². The van der Waals surface area contributed by atoms with Crippen LogP contribution in [0.5, 0.6) is 17.2 Å². The van der Waals surface area contributed by atoms with Crippen molar-refractivity contribution in [2.24, 2.45) is 11.3 Å². The number of nitrogens with zero attached hydrogens (tertiary/aromatic N) is 1. The molecule has 1 saturated carbocycles. The number of nitrogens with one attached hydrogen (secondary N) is 1. The van der Waals surface area contributed by atoms with Crippen LogP contribution in [0.2, 0.25) is 5.02 Å². The molecule has 2 aromatic rings. The largest absolute Gasteiger partial charge is 0.497 e. The molecule has 2 aliphatic rings. The average molecular weight is 473 g/mol. The highest BCUT2D eigenvalue weighted by molar-refractivity contribution is 6.33. The molecule has 0 aromatic heterocycles. The van der Waals surface area contributed by atoms with E-state index in [4.69, 9.17) is 25.8 Å². The molecular weight excluding hydrogens is 440 g/mol. The fourth-order valence-electron chi connectivity index (χ4n) is 5.00. The number of carbonyl (C=O) groups excluding carboxylic acids is 1. The Bertz CT molecular complexity index is 988. The maximum atomic E-state index is 12.7. The molecule has 1 unspecified atom stereocenters. The van der Waals surface area contributed by atoms with Gasteiger partial charge in [-0.15, -0.1) is 0 Å². The van der Waals surface area contributed by atoms with E-state index in [2.05, 4.69) is 16.3 Å². The van der Waals surface area contributed by atoms with Crippen LogP contribution in [0.4, 0.5) is 0 Å². The van der Waals surface area contributed by atoms with Crippen LogP contribution in [-0.2, 0) is 17.8 Å². The van der Waals surface area contributed by atoms with E-state index >= 15 is 0 Å². The van der Waals surface area contributed by atoms with Gasteiger partial charge in [-0.2, -0.15) is 0 Å². The van der Waals surface area contributed by atoms with Crippen molar-refractivity contribution in [2.75, 3.05) is 41.0 Å². The number of methoxy groups -OCH3 is 3. The molecule has 0 bridgehead atoms. The number of hydrogen-bond acceptors (Lipinski definition) is 5. The summed E-state index contributed by atoms with van der Waals surface area (Å²) in [6.07, 6.45) is 3.91. The van der Waals surface area contributed by atoms with Crippen molar-refractivity contribution < 1.29 is 19.0 Å². The summed E-state index contributed by atoms with van der Waals surface area (Å²) in [5.41, 5.74) is 2.38. The number of hydrogen-bond donors (Lipinski definition) is 1. The molecule has 1 aliphatic heterocycles. The first-order valence-electron chi connectivity index (χ1n) is 11.5. The molecule has 1 saturated heterocycles. The first-order valence-corrected chi connectivity index (χ1v) is 11.9. The molecule has 4 rings (SSSR count). The van der Waals surface area contributed by atoms with Gasteiger partial charge in [0.2, 0.25) is 5.91 Å². The van der Waals surface area contributed by atoms with Gasteiger partial charge in [-0.3, -0.25) is 9.69 Å². The lowest BCUT2D eigenvalue weighted by Crippen LogP contribution is -2.37. The van der Waals surface area contributed by atoms with E-state index in [1.54, 1.807) is 21.3 Å². The molecule has 1 atom stereocenters. The molecule has 178 valence electrons. The van der Waals surface area contributed by atoms with Crippen molar-refractivity contribution in [3.8, 4) is 17.2 Å². The van der Waals surface area contributed by atoms with Crippen LogP contribution in [-0.4, -0.2) is 51.8 Å². The molecule has 1 amide bonds. The number of ether oxygens (including phenoxy) is 3. The molecule has 1 aliphatic carbocycles. The van der Waals surface area contributed by atoms with Gasteiger partial charge in [0, 0.05) is 19.0 Å². The molecule has 1 heterocycles. The lowest BCUT2D eigenvalue weighted by molar-refractivity contribution is -0.123. The normalized spacial score (nSPS) is 19.2. The SMILES string of the molecule is COc1cccc(CCNC(=O)C2CC23CCN(Cc2ccc(OC)c(OC)c2Cl)CC3)c1. The monoisotopic (exact) mass is 472 g/mol. The topological polar surface area (TPSA) is 60.0 Å². The second-order valence-corrected chi connectivity index (χ2v) is 9.44. The second kappa shape index (κ2) is 10.2. The predicted octanol–water partition coefficient (Wildman–Crippen LogP) is 4.33. The van der Waals surface area contributed by atoms with E-state index in [1.807, 2.05) is 30.3 Å². The lowest BCUT2D eigenvalue weighted by atomic mass is 9.90. The smallest absolute Gasteiger partial charge is 0.223 e. The molecule has 1 spiro atoms. The maximum Gasteiger partial charge on any atom is 0.223 e. The van der Waals surface area contributed by atoms with Crippen LogP contribution >= 0.6 is 11.6 Å². The van der Waals surface area contributed by atoms with Gasteiger partial charge < -0.3 is 19.5 Å².